The zero-order valence-corrected chi connectivity index (χ0v) is 10.1. The second-order valence-corrected chi connectivity index (χ2v) is 3.81. The van der Waals surface area contributed by atoms with Gasteiger partial charge in [0.15, 0.2) is 29.3 Å². The number of halogens is 4. The molecule has 0 heterocycles. The molecule has 0 bridgehead atoms. The lowest BCUT2D eigenvalue weighted by Gasteiger charge is -2.12. The van der Waals surface area contributed by atoms with Crippen molar-refractivity contribution in [3.63, 3.8) is 0 Å². The van der Waals surface area contributed by atoms with Gasteiger partial charge in [0, 0.05) is 24.5 Å². The number of nitrogens with one attached hydrogen (secondary N) is 1. The summed E-state index contributed by atoms with van der Waals surface area (Å²) in [4.78, 5) is 10.7. The average molecular weight is 273 g/mol. The van der Waals surface area contributed by atoms with E-state index in [1.807, 2.05) is 5.32 Å². The van der Waals surface area contributed by atoms with Crippen LogP contribution in [0.1, 0.15) is 18.1 Å². The minimum absolute atomic E-state index is 0.409. The monoisotopic (exact) mass is 273 g/mol. The summed E-state index contributed by atoms with van der Waals surface area (Å²) in [5, 5.41) is 10.7. The van der Waals surface area contributed by atoms with Gasteiger partial charge in [-0.05, 0) is 6.92 Å². The number of carbonyl (C=O) groups is 1. The number of carbonyl (C=O) groups excluding carboxylic acids is 1. The Labute approximate surface area is 106 Å². The molecule has 3 nitrogen and oxygen atoms in total. The molecule has 1 amide bonds. The number of nitrogens with zero attached hydrogens (tertiary/aromatic N) is 1. The zero-order valence-electron chi connectivity index (χ0n) is 10.1. The molecule has 0 saturated heterocycles. The summed E-state index contributed by atoms with van der Waals surface area (Å²) in [7, 11) is 0. The molecule has 1 rings (SSSR count). The van der Waals surface area contributed by atoms with Crippen molar-refractivity contribution in [3.05, 3.63) is 40.4 Å². The van der Waals surface area contributed by atoms with Crippen molar-refractivity contribution in [2.24, 2.45) is 0 Å². The number of hydrogen-bond donors (Lipinski definition) is 1. The van der Waals surface area contributed by atoms with Gasteiger partial charge in [0.05, 0.1) is 6.07 Å². The highest BCUT2D eigenvalue weighted by molar-refractivity contribution is 5.75. The molecule has 1 aromatic carbocycles. The first-order valence-electron chi connectivity index (χ1n) is 5.14. The van der Waals surface area contributed by atoms with Gasteiger partial charge >= 0.3 is 0 Å². The molecule has 0 aliphatic heterocycles. The largest absolute Gasteiger partial charge is 0.335 e. The number of hydrogen-bond acceptors (Lipinski definition) is 2. The second-order valence-electron chi connectivity index (χ2n) is 3.81. The molecule has 0 spiro atoms. The summed E-state index contributed by atoms with van der Waals surface area (Å²) in [6.45, 7) is 1.98. The molecule has 1 N–H and O–H groups in total. The fourth-order valence-corrected chi connectivity index (χ4v) is 1.44. The Balaban J connectivity index is 3.22. The Morgan fingerprint density at radius 3 is 2.00 bits per heavy atom. The molecule has 0 aromatic heterocycles. The molecular formula is C12H9F4N2O. The van der Waals surface area contributed by atoms with Crippen LogP contribution in [0.2, 0.25) is 0 Å². The highest BCUT2D eigenvalue weighted by atomic mass is 19.2. The lowest BCUT2D eigenvalue weighted by molar-refractivity contribution is -0.118. The molecule has 1 radical (unpaired) electrons. The van der Waals surface area contributed by atoms with E-state index in [1.165, 1.54) is 6.07 Å². The molecule has 0 unspecified atom stereocenters. The van der Waals surface area contributed by atoms with E-state index in [1.54, 1.807) is 0 Å². The highest BCUT2D eigenvalue weighted by Gasteiger charge is 2.25. The lowest BCUT2D eigenvalue weighted by atomic mass is 10.0. The van der Waals surface area contributed by atoms with Crippen molar-refractivity contribution in [3.8, 4) is 6.07 Å². The third kappa shape index (κ3) is 3.02. The van der Waals surface area contributed by atoms with Crippen LogP contribution in [0.25, 0.3) is 0 Å². The van der Waals surface area contributed by atoms with Crippen LogP contribution in [0, 0.1) is 47.6 Å². The van der Waals surface area contributed by atoms with Gasteiger partial charge < -0.3 is 5.32 Å². The van der Waals surface area contributed by atoms with Crippen LogP contribution in [-0.4, -0.2) is 5.91 Å². The van der Waals surface area contributed by atoms with Crippen LogP contribution in [0.5, 0.6) is 0 Å². The van der Waals surface area contributed by atoms with Crippen LogP contribution in [0.3, 0.4) is 0 Å². The smallest absolute Gasteiger partial charge is 0.218 e. The number of nitriles is 1. The molecule has 0 aliphatic carbocycles. The third-order valence-corrected chi connectivity index (χ3v) is 2.39. The van der Waals surface area contributed by atoms with E-state index in [-0.39, 0.29) is 0 Å². The average Bonchev–Trinajstić information content (AvgIpc) is 2.37. The maximum atomic E-state index is 13.5. The summed E-state index contributed by atoms with van der Waals surface area (Å²) in [6.07, 6.45) is -0.748. The van der Waals surface area contributed by atoms with Crippen LogP contribution in [0.4, 0.5) is 17.6 Å². The first-order valence-corrected chi connectivity index (χ1v) is 5.14. The van der Waals surface area contributed by atoms with Crippen molar-refractivity contribution >= 4 is 5.91 Å². The van der Waals surface area contributed by atoms with E-state index in [0.29, 0.717) is 0 Å². The van der Waals surface area contributed by atoms with Crippen molar-refractivity contribution in [1.29, 1.82) is 5.26 Å². The molecule has 19 heavy (non-hydrogen) atoms. The van der Waals surface area contributed by atoms with Gasteiger partial charge in [-0.1, -0.05) is 0 Å². The Morgan fingerprint density at radius 2 is 1.63 bits per heavy atom. The fraction of sp³-hybridized carbons (Fsp3) is 0.250. The van der Waals surface area contributed by atoms with Crippen LogP contribution < -0.4 is 5.32 Å². The zero-order chi connectivity index (χ0) is 14.7. The number of amides is 1. The van der Waals surface area contributed by atoms with Crippen LogP contribution in [-0.2, 0) is 11.2 Å². The van der Waals surface area contributed by atoms with E-state index in [0.717, 1.165) is 13.8 Å². The minimum Gasteiger partial charge on any atom is -0.335 e. The molecule has 1 aromatic rings. The predicted octanol–water partition coefficient (Wildman–Crippen LogP) is 2.29. The van der Waals surface area contributed by atoms with Crippen molar-refractivity contribution in [2.75, 3.05) is 0 Å². The molecule has 0 aliphatic rings. The lowest BCUT2D eigenvalue weighted by Crippen LogP contribution is -2.27. The van der Waals surface area contributed by atoms with E-state index in [2.05, 4.69) is 0 Å². The molecular weight excluding hydrogens is 264 g/mol. The Bertz CT molecular complexity index is 537. The minimum atomic E-state index is -1.57. The first kappa shape index (κ1) is 15.0. The standard InChI is InChI=1S/C12H9F4N2O/c1-5-9(13)11(15)8(12(16)10(5)14)3-7(4-17)18-6(2)19/h3H2,1-2H3,(H,18,19). The summed E-state index contributed by atoms with van der Waals surface area (Å²) in [5.74, 6) is -6.82. The van der Waals surface area contributed by atoms with Gasteiger partial charge in [0.2, 0.25) is 5.91 Å². The Hall–Kier alpha value is -2.10. The Kier molecular flexibility index (Phi) is 4.48. The summed E-state index contributed by atoms with van der Waals surface area (Å²) in [5.41, 5.74) is -1.72. The molecule has 101 valence electrons. The normalized spacial score (nSPS) is 10.4. The van der Waals surface area contributed by atoms with Crippen molar-refractivity contribution < 1.29 is 22.4 Å². The number of benzene rings is 1. The maximum Gasteiger partial charge on any atom is 0.218 e. The molecule has 7 heteroatoms. The first-order chi connectivity index (χ1) is 8.79. The van der Waals surface area contributed by atoms with Gasteiger partial charge in [0.1, 0.15) is 0 Å². The van der Waals surface area contributed by atoms with Gasteiger partial charge in [-0.2, -0.15) is 5.26 Å². The quantitative estimate of drug-likeness (QED) is 0.678. The SMILES string of the molecule is CC(=O)N[C](C#N)Cc1c(F)c(F)c(C)c(F)c1F. The fourth-order valence-electron chi connectivity index (χ4n) is 1.44. The van der Waals surface area contributed by atoms with E-state index < -0.39 is 52.8 Å². The summed E-state index contributed by atoms with van der Waals surface area (Å²) in [6, 6.07) is 1.09. The maximum absolute atomic E-state index is 13.5. The van der Waals surface area contributed by atoms with Crippen LogP contribution in [0.15, 0.2) is 0 Å². The van der Waals surface area contributed by atoms with Gasteiger partial charge in [-0.25, -0.2) is 17.6 Å². The van der Waals surface area contributed by atoms with Crippen LogP contribution >= 0.6 is 0 Å². The summed E-state index contributed by atoms with van der Waals surface area (Å²) >= 11 is 0. The molecule has 0 atom stereocenters. The van der Waals surface area contributed by atoms with Crippen molar-refractivity contribution in [1.82, 2.24) is 5.32 Å². The molecule has 0 fully saturated rings. The third-order valence-electron chi connectivity index (χ3n) is 2.39. The van der Waals surface area contributed by atoms with Gasteiger partial charge in [0.25, 0.3) is 0 Å². The topological polar surface area (TPSA) is 52.9 Å². The Morgan fingerprint density at radius 1 is 1.16 bits per heavy atom. The van der Waals surface area contributed by atoms with Gasteiger partial charge in [-0.3, -0.25) is 4.79 Å². The number of rotatable bonds is 3. The van der Waals surface area contributed by atoms with E-state index in [9.17, 15) is 22.4 Å². The predicted molar refractivity (Wildman–Crippen MR) is 57.4 cm³/mol. The highest BCUT2D eigenvalue weighted by Crippen LogP contribution is 2.25. The van der Waals surface area contributed by atoms with Crippen molar-refractivity contribution in [2.45, 2.75) is 20.3 Å². The van der Waals surface area contributed by atoms with E-state index >= 15 is 0 Å². The second kappa shape index (κ2) is 5.69. The van der Waals surface area contributed by atoms with E-state index in [4.69, 9.17) is 5.26 Å². The van der Waals surface area contributed by atoms with Gasteiger partial charge in [-0.15, -0.1) is 0 Å². The summed E-state index contributed by atoms with van der Waals surface area (Å²) < 4.78 is 53.6. The molecule has 0 saturated carbocycles.